The highest BCUT2D eigenvalue weighted by atomic mass is 32.2. The number of ether oxygens (including phenoxy) is 1. The lowest BCUT2D eigenvalue weighted by molar-refractivity contribution is -0.384. The van der Waals surface area contributed by atoms with Crippen LogP contribution in [0.5, 0.6) is 0 Å². The normalized spacial score (nSPS) is 20.2. The van der Waals surface area contributed by atoms with Crippen molar-refractivity contribution in [3.63, 3.8) is 0 Å². The number of aromatic nitrogens is 1. The van der Waals surface area contributed by atoms with E-state index in [2.05, 4.69) is 30.6 Å². The molecule has 11 nitrogen and oxygen atoms in total. The fourth-order valence-corrected chi connectivity index (χ4v) is 10.3. The fourth-order valence-electron chi connectivity index (χ4n) is 5.82. The second-order valence-corrected chi connectivity index (χ2v) is 20.0. The van der Waals surface area contributed by atoms with Crippen molar-refractivity contribution < 1.29 is 28.8 Å². The largest absolute Gasteiger partial charge is 0.456 e. The number of hydrogen-bond donors (Lipinski definition) is 1. The number of non-ortho nitro benzene ring substituents is 1. The predicted octanol–water partition coefficient (Wildman–Crippen LogP) is 5.97. The molecule has 4 heterocycles. The first-order valence-electron chi connectivity index (χ1n) is 14.9. The number of likely N-dealkylation sites (N-methyl/N-ethyl adjacent to an activating group) is 1. The number of thiophene rings is 1. The number of carbonyl (C=O) groups excluding carboxylic acids is 2. The lowest BCUT2D eigenvalue weighted by Gasteiger charge is -2.48. The molecule has 0 unspecified atom stereocenters. The number of nitro groups is 1. The molecule has 0 aliphatic carbocycles. The average Bonchev–Trinajstić information content (AvgIpc) is 3.69. The Morgan fingerprint density at radius 1 is 1.24 bits per heavy atom. The van der Waals surface area contributed by atoms with Crippen molar-refractivity contribution in [1.29, 1.82) is 0 Å². The highest BCUT2D eigenvalue weighted by Crippen LogP contribution is 2.53. The van der Waals surface area contributed by atoms with Gasteiger partial charge in [0.1, 0.15) is 22.3 Å². The molecule has 1 saturated heterocycles. The Bertz CT molecular complexity index is 1630. The number of rotatable bonds is 14. The molecule has 1 aromatic carbocycles. The number of hydrogen-bond acceptors (Lipinski definition) is 12. The number of benzene rings is 1. The monoisotopic (exact) mass is 702 g/mol. The lowest BCUT2D eigenvalue weighted by Crippen LogP contribution is -2.64. The summed E-state index contributed by atoms with van der Waals surface area (Å²) in [6, 6.07) is 9.71. The van der Waals surface area contributed by atoms with Crippen molar-refractivity contribution in [2.75, 3.05) is 20.2 Å². The van der Waals surface area contributed by atoms with Crippen LogP contribution in [0.4, 0.5) is 5.69 Å². The number of fused-ring (bicyclic) bond motifs is 1. The predicted molar refractivity (Wildman–Crippen MR) is 182 cm³/mol. The zero-order valence-corrected chi connectivity index (χ0v) is 30.0. The van der Waals surface area contributed by atoms with E-state index < -0.39 is 19.2 Å². The zero-order valence-electron chi connectivity index (χ0n) is 26.6. The van der Waals surface area contributed by atoms with E-state index in [4.69, 9.17) is 14.1 Å². The second kappa shape index (κ2) is 14.1. The van der Waals surface area contributed by atoms with Crippen LogP contribution in [0.2, 0.25) is 19.6 Å². The molecule has 2 aliphatic rings. The first-order valence-corrected chi connectivity index (χ1v) is 20.9. The van der Waals surface area contributed by atoms with E-state index in [1.807, 2.05) is 32.3 Å². The number of esters is 1. The molecule has 2 aliphatic heterocycles. The van der Waals surface area contributed by atoms with E-state index in [0.717, 1.165) is 26.4 Å². The third-order valence-corrected chi connectivity index (χ3v) is 12.3. The molecular weight excluding hydrogens is 665 g/mol. The number of carbonyl (C=O) groups is 2. The Morgan fingerprint density at radius 2 is 1.96 bits per heavy atom. The molecule has 3 aromatic rings. The molecule has 15 heteroatoms. The topological polar surface area (TPSA) is 135 Å². The Balaban J connectivity index is 1.38. The summed E-state index contributed by atoms with van der Waals surface area (Å²) in [6.45, 7) is 11.6. The van der Waals surface area contributed by atoms with E-state index in [1.165, 1.54) is 40.1 Å². The molecule has 246 valence electrons. The van der Waals surface area contributed by atoms with Gasteiger partial charge in [0.05, 0.1) is 34.5 Å². The molecule has 1 fully saturated rings. The summed E-state index contributed by atoms with van der Waals surface area (Å²) in [4.78, 5) is 49.3. The van der Waals surface area contributed by atoms with Gasteiger partial charge in [0.25, 0.3) is 5.69 Å². The first-order chi connectivity index (χ1) is 21.8. The van der Waals surface area contributed by atoms with E-state index in [0.29, 0.717) is 12.1 Å². The van der Waals surface area contributed by atoms with Crippen molar-refractivity contribution in [2.24, 2.45) is 11.8 Å². The third-order valence-electron chi connectivity index (χ3n) is 7.82. The van der Waals surface area contributed by atoms with Crippen molar-refractivity contribution in [3.8, 4) is 9.88 Å². The molecule has 4 atom stereocenters. The van der Waals surface area contributed by atoms with Crippen LogP contribution in [0.1, 0.15) is 24.3 Å². The van der Waals surface area contributed by atoms with Gasteiger partial charge in [0.15, 0.2) is 8.32 Å². The van der Waals surface area contributed by atoms with Gasteiger partial charge in [-0.05, 0) is 63.4 Å². The standard InChI is InChI=1S/C31H38N4O7S3Si/c1-18-26-25(19(2)42-46(4,5)6)30(37)34(26)27(31(38)41-16-20-7-9-21(10-8-20)35(39)40)28(18)45-24-17-43-29(32-24)23-12-11-22(44-23)15-33(3)13-14-36/h7-12,17-19,25-26,36H,13-16H2,1-6H3/t18-,19-,25-,26-/m1/s1. The van der Waals surface area contributed by atoms with E-state index in [9.17, 15) is 24.8 Å². The molecule has 46 heavy (non-hydrogen) atoms. The van der Waals surface area contributed by atoms with Crippen LogP contribution in [0.3, 0.4) is 0 Å². The Labute approximate surface area is 281 Å². The summed E-state index contributed by atoms with van der Waals surface area (Å²) < 4.78 is 12.0. The van der Waals surface area contributed by atoms with Gasteiger partial charge in [0.2, 0.25) is 5.91 Å². The molecule has 0 radical (unpaired) electrons. The summed E-state index contributed by atoms with van der Waals surface area (Å²) in [5.41, 5.74) is 0.778. The lowest BCUT2D eigenvalue weighted by atomic mass is 9.79. The van der Waals surface area contributed by atoms with Crippen molar-refractivity contribution in [2.45, 2.75) is 63.8 Å². The van der Waals surface area contributed by atoms with Gasteiger partial charge in [-0.3, -0.25) is 19.8 Å². The summed E-state index contributed by atoms with van der Waals surface area (Å²) in [6.07, 6.45) is -0.292. The second-order valence-electron chi connectivity index (χ2n) is 12.5. The number of aliphatic hydroxyl groups excluding tert-OH is 1. The fraction of sp³-hybridized carbons (Fsp3) is 0.452. The molecule has 0 spiro atoms. The maximum Gasteiger partial charge on any atom is 0.356 e. The van der Waals surface area contributed by atoms with E-state index in [1.54, 1.807) is 28.4 Å². The maximum absolute atomic E-state index is 13.7. The maximum atomic E-state index is 13.7. The smallest absolute Gasteiger partial charge is 0.356 e. The number of nitro benzene ring substituents is 1. The molecule has 0 bridgehead atoms. The van der Waals surface area contributed by atoms with Crippen LogP contribution in [0, 0.1) is 22.0 Å². The molecule has 2 aromatic heterocycles. The summed E-state index contributed by atoms with van der Waals surface area (Å²) in [5.74, 6) is -1.30. The van der Waals surface area contributed by atoms with Gasteiger partial charge < -0.3 is 19.2 Å². The Hall–Kier alpha value is -2.92. The molecule has 1 amide bonds. The Morgan fingerprint density at radius 3 is 2.61 bits per heavy atom. The summed E-state index contributed by atoms with van der Waals surface area (Å²) in [7, 11) is 0.0421. The summed E-state index contributed by atoms with van der Waals surface area (Å²) >= 11 is 4.56. The zero-order chi connectivity index (χ0) is 33.3. The molecule has 0 saturated carbocycles. The van der Waals surface area contributed by atoms with Gasteiger partial charge in [-0.2, -0.15) is 0 Å². The van der Waals surface area contributed by atoms with Gasteiger partial charge in [-0.15, -0.1) is 22.7 Å². The van der Waals surface area contributed by atoms with Gasteiger partial charge in [-0.1, -0.05) is 18.7 Å². The number of aliphatic hydroxyl groups is 1. The Kier molecular flexibility index (Phi) is 10.5. The van der Waals surface area contributed by atoms with Gasteiger partial charge in [-0.25, -0.2) is 9.78 Å². The number of thioether (sulfide) groups is 1. The minimum absolute atomic E-state index is 0.0498. The van der Waals surface area contributed by atoms with Crippen molar-refractivity contribution in [3.05, 3.63) is 72.9 Å². The van der Waals surface area contributed by atoms with Crippen LogP contribution in [-0.2, 0) is 31.9 Å². The molecular formula is C31H38N4O7S3Si. The number of thiazole rings is 1. The van der Waals surface area contributed by atoms with Crippen molar-refractivity contribution in [1.82, 2.24) is 14.8 Å². The first kappa shape index (κ1) is 34.4. The van der Waals surface area contributed by atoms with Crippen molar-refractivity contribution >= 4 is 60.3 Å². The average molecular weight is 703 g/mol. The summed E-state index contributed by atoms with van der Waals surface area (Å²) in [5, 5.41) is 23.8. The minimum Gasteiger partial charge on any atom is -0.456 e. The van der Waals surface area contributed by atoms with Crippen LogP contribution >= 0.6 is 34.4 Å². The molecule has 5 rings (SSSR count). The number of nitrogens with zero attached hydrogens (tertiary/aromatic N) is 4. The third kappa shape index (κ3) is 7.45. The minimum atomic E-state index is -1.93. The van der Waals surface area contributed by atoms with Crippen LogP contribution < -0.4 is 0 Å². The van der Waals surface area contributed by atoms with Crippen LogP contribution in [0.15, 0.2) is 57.4 Å². The van der Waals surface area contributed by atoms with Crippen LogP contribution in [-0.4, -0.2) is 77.4 Å². The van der Waals surface area contributed by atoms with Gasteiger partial charge in [0, 0.05) is 46.3 Å². The van der Waals surface area contributed by atoms with E-state index >= 15 is 0 Å². The highest BCUT2D eigenvalue weighted by Gasteiger charge is 2.61. The number of β-lactam (4-membered cyclic amide) rings is 1. The highest BCUT2D eigenvalue weighted by molar-refractivity contribution is 8.03. The SMILES string of the molecule is C[C@@H](O[Si](C)(C)C)[C@H]1C(=O)N2C(C(=O)OCc3ccc([N+](=O)[O-])cc3)=C(Sc3csc(-c4ccc(CN(C)CCO)s4)n3)[C@H](C)[C@H]12. The quantitative estimate of drug-likeness (QED) is 0.0704. The van der Waals surface area contributed by atoms with Crippen LogP contribution in [0.25, 0.3) is 9.88 Å². The van der Waals surface area contributed by atoms with E-state index in [-0.39, 0.29) is 54.5 Å². The van der Waals surface area contributed by atoms with Gasteiger partial charge >= 0.3 is 5.97 Å². The number of amides is 1. The molecule has 1 N–H and O–H groups in total.